The molecule has 2 rings (SSSR count). The molecule has 0 amide bonds. The maximum atomic E-state index is 3.00. The number of rotatable bonds is 0. The van der Waals surface area contributed by atoms with E-state index in [2.05, 4.69) is 65.1 Å². The van der Waals surface area contributed by atoms with Gasteiger partial charge in [-0.15, -0.1) is 13.2 Å². The van der Waals surface area contributed by atoms with Gasteiger partial charge in [-0.05, 0) is 13.8 Å². The zero-order valence-electron chi connectivity index (χ0n) is 12.9. The van der Waals surface area contributed by atoms with E-state index in [0.29, 0.717) is 0 Å². The number of hydrogen-bond donors (Lipinski definition) is 0. The summed E-state index contributed by atoms with van der Waals surface area (Å²) in [6.07, 6.45) is 1.25. The van der Waals surface area contributed by atoms with Gasteiger partial charge in [0, 0.05) is 0 Å². The number of benzene rings is 2. The Morgan fingerprint density at radius 2 is 0.842 bits per heavy atom. The van der Waals surface area contributed by atoms with Crippen molar-refractivity contribution < 1.29 is 0 Å². The molecule has 0 saturated carbocycles. The normalized spacial score (nSPS) is 7.58. The predicted octanol–water partition coefficient (Wildman–Crippen LogP) is 6.21. The summed E-state index contributed by atoms with van der Waals surface area (Å²) in [7, 11) is 0. The van der Waals surface area contributed by atoms with Crippen LogP contribution in [-0.4, -0.2) is 0 Å². The van der Waals surface area contributed by atoms with Crippen LogP contribution in [-0.2, 0) is 0 Å². The smallest absolute Gasteiger partial charge is 0.0398 e. The Morgan fingerprint density at radius 3 is 0.947 bits per heavy atom. The van der Waals surface area contributed by atoms with Crippen LogP contribution in [0.2, 0.25) is 0 Å². The van der Waals surface area contributed by atoms with Crippen LogP contribution in [0.3, 0.4) is 0 Å². The average Bonchev–Trinajstić information content (AvgIpc) is 2.44. The molecule has 0 bridgehead atoms. The van der Waals surface area contributed by atoms with Gasteiger partial charge >= 0.3 is 0 Å². The first kappa shape index (κ1) is 19.5. The van der Waals surface area contributed by atoms with Gasteiger partial charge in [-0.3, -0.25) is 0 Å². The maximum Gasteiger partial charge on any atom is -0.0398 e. The molecular formula is C19H28. The van der Waals surface area contributed by atoms with E-state index in [4.69, 9.17) is 0 Å². The van der Waals surface area contributed by atoms with Crippen LogP contribution in [0.25, 0.3) is 0 Å². The highest BCUT2D eigenvalue weighted by molar-refractivity contribution is 5.12. The van der Waals surface area contributed by atoms with Gasteiger partial charge in [0.05, 0.1) is 0 Å². The Bertz CT molecular complexity index is 324. The van der Waals surface area contributed by atoms with Crippen LogP contribution in [0.4, 0.5) is 0 Å². The first-order valence-corrected chi connectivity index (χ1v) is 6.74. The third-order valence-corrected chi connectivity index (χ3v) is 1.88. The molecular weight excluding hydrogens is 228 g/mol. The molecule has 0 spiro atoms. The van der Waals surface area contributed by atoms with Crippen LogP contribution in [0, 0.1) is 13.8 Å². The van der Waals surface area contributed by atoms with E-state index in [1.165, 1.54) is 17.5 Å². The summed E-state index contributed by atoms with van der Waals surface area (Å²) in [4.78, 5) is 0. The minimum absolute atomic E-state index is 1.25. The third-order valence-electron chi connectivity index (χ3n) is 1.88. The van der Waals surface area contributed by atoms with Crippen molar-refractivity contribution in [1.82, 2.24) is 0 Å². The van der Waals surface area contributed by atoms with Crippen molar-refractivity contribution in [3.05, 3.63) is 84.9 Å². The van der Waals surface area contributed by atoms with E-state index in [9.17, 15) is 0 Å². The first-order valence-electron chi connectivity index (χ1n) is 6.74. The molecule has 0 heterocycles. The molecule has 0 fully saturated rings. The molecule has 0 saturated heterocycles. The second-order valence-electron chi connectivity index (χ2n) is 4.02. The lowest BCUT2D eigenvalue weighted by atomic mass is 10.2. The summed E-state index contributed by atoms with van der Waals surface area (Å²) in [6.45, 7) is 14.4. The Hall–Kier alpha value is -1.82. The van der Waals surface area contributed by atoms with Gasteiger partial charge in [-0.1, -0.05) is 92.1 Å². The molecule has 0 atom stereocenters. The summed E-state index contributed by atoms with van der Waals surface area (Å²) in [5, 5.41) is 0. The van der Waals surface area contributed by atoms with Gasteiger partial charge in [0.15, 0.2) is 0 Å². The summed E-state index contributed by atoms with van der Waals surface area (Å²) in [5.74, 6) is 0. The Balaban J connectivity index is 0. The lowest BCUT2D eigenvalue weighted by Crippen LogP contribution is -1.62. The summed E-state index contributed by atoms with van der Waals surface area (Å²) >= 11 is 0. The molecule has 0 aliphatic rings. The summed E-state index contributed by atoms with van der Waals surface area (Å²) < 4.78 is 0. The molecule has 2 aromatic rings. The molecule has 0 N–H and O–H groups in total. The van der Waals surface area contributed by atoms with Gasteiger partial charge in [0.25, 0.3) is 0 Å². The van der Waals surface area contributed by atoms with Gasteiger partial charge in [0.1, 0.15) is 0 Å². The maximum absolute atomic E-state index is 3.00. The average molecular weight is 256 g/mol. The van der Waals surface area contributed by atoms with Crippen molar-refractivity contribution in [1.29, 1.82) is 0 Å². The Kier molecular flexibility index (Phi) is 16.6. The molecule has 0 aliphatic carbocycles. The van der Waals surface area contributed by atoms with Gasteiger partial charge in [0.2, 0.25) is 0 Å². The molecule has 0 nitrogen and oxygen atoms in total. The standard InChI is InChI=1S/2C7H8.C3H8.C2H4/c2*1-7-5-3-2-4-6-7;1-3-2;1-2/h2*2-6H,1H3;3H2,1-2H3;1-2H2. The second-order valence-corrected chi connectivity index (χ2v) is 4.02. The quantitative estimate of drug-likeness (QED) is 0.492. The fourth-order valence-electron chi connectivity index (χ4n) is 1.07. The minimum Gasteiger partial charge on any atom is -0.106 e. The zero-order chi connectivity index (χ0) is 14.9. The fourth-order valence-corrected chi connectivity index (χ4v) is 1.07. The molecule has 19 heavy (non-hydrogen) atoms. The molecule has 104 valence electrons. The second kappa shape index (κ2) is 16.2. The van der Waals surface area contributed by atoms with Gasteiger partial charge in [-0.25, -0.2) is 0 Å². The predicted molar refractivity (Wildman–Crippen MR) is 89.6 cm³/mol. The van der Waals surface area contributed by atoms with E-state index >= 15 is 0 Å². The van der Waals surface area contributed by atoms with E-state index in [1.54, 1.807) is 0 Å². The van der Waals surface area contributed by atoms with Crippen molar-refractivity contribution in [2.24, 2.45) is 0 Å². The zero-order valence-corrected chi connectivity index (χ0v) is 12.9. The highest BCUT2D eigenvalue weighted by atomic mass is 13.8. The van der Waals surface area contributed by atoms with E-state index in [1.807, 2.05) is 36.4 Å². The fraction of sp³-hybridized carbons (Fsp3) is 0.263. The lowest BCUT2D eigenvalue weighted by Gasteiger charge is -1.82. The van der Waals surface area contributed by atoms with Crippen molar-refractivity contribution in [2.75, 3.05) is 0 Å². The number of hydrogen-bond acceptors (Lipinski definition) is 0. The summed E-state index contributed by atoms with van der Waals surface area (Å²) in [6, 6.07) is 20.5. The monoisotopic (exact) mass is 256 g/mol. The first-order chi connectivity index (χ1) is 9.20. The van der Waals surface area contributed by atoms with Crippen molar-refractivity contribution >= 4 is 0 Å². The highest BCUT2D eigenvalue weighted by Crippen LogP contribution is 1.92. The third kappa shape index (κ3) is 16.2. The lowest BCUT2D eigenvalue weighted by molar-refractivity contribution is 1.09. The van der Waals surface area contributed by atoms with E-state index in [-0.39, 0.29) is 0 Å². The SMILES string of the molecule is C=C.CCC.Cc1ccccc1.Cc1ccccc1. The van der Waals surface area contributed by atoms with Gasteiger partial charge in [-0.2, -0.15) is 0 Å². The molecule has 2 aromatic carbocycles. The topological polar surface area (TPSA) is 0 Å². The van der Waals surface area contributed by atoms with Gasteiger partial charge < -0.3 is 0 Å². The van der Waals surface area contributed by atoms with E-state index < -0.39 is 0 Å². The van der Waals surface area contributed by atoms with Crippen molar-refractivity contribution in [3.63, 3.8) is 0 Å². The van der Waals surface area contributed by atoms with Crippen LogP contribution >= 0.6 is 0 Å². The van der Waals surface area contributed by atoms with Crippen molar-refractivity contribution in [2.45, 2.75) is 34.1 Å². The minimum atomic E-state index is 1.25. The largest absolute Gasteiger partial charge is 0.106 e. The van der Waals surface area contributed by atoms with Crippen LogP contribution in [0.15, 0.2) is 73.8 Å². The molecule has 0 aromatic heterocycles. The highest BCUT2D eigenvalue weighted by Gasteiger charge is 1.72. The summed E-state index contributed by atoms with van der Waals surface area (Å²) in [5.41, 5.74) is 2.64. The van der Waals surface area contributed by atoms with Crippen LogP contribution in [0.5, 0.6) is 0 Å². The van der Waals surface area contributed by atoms with E-state index in [0.717, 1.165) is 0 Å². The molecule has 0 radical (unpaired) electrons. The van der Waals surface area contributed by atoms with Crippen molar-refractivity contribution in [3.8, 4) is 0 Å². The van der Waals surface area contributed by atoms with Crippen LogP contribution in [0.1, 0.15) is 31.4 Å². The Labute approximate surface area is 119 Å². The number of aryl methyl sites for hydroxylation is 2. The molecule has 0 unspecified atom stereocenters. The molecule has 0 heteroatoms. The van der Waals surface area contributed by atoms with Crippen LogP contribution < -0.4 is 0 Å². The molecule has 0 aliphatic heterocycles. The Morgan fingerprint density at radius 1 is 0.632 bits per heavy atom.